The van der Waals surface area contributed by atoms with Gasteiger partial charge in [-0.1, -0.05) is 11.3 Å². The number of imidazole rings is 1. The van der Waals surface area contributed by atoms with Crippen molar-refractivity contribution < 1.29 is 18.7 Å². The minimum atomic E-state index is -0.278. The number of nitrogens with one attached hydrogen (secondary N) is 2. The fourth-order valence-electron chi connectivity index (χ4n) is 3.82. The van der Waals surface area contributed by atoms with E-state index in [9.17, 15) is 9.18 Å². The minimum absolute atomic E-state index is 0.202. The summed E-state index contributed by atoms with van der Waals surface area (Å²) in [6.07, 6.45) is 1.92. The summed E-state index contributed by atoms with van der Waals surface area (Å²) in [4.78, 5) is 19.2. The lowest BCUT2D eigenvalue weighted by Crippen LogP contribution is -2.23. The number of fused-ring (bicyclic) bond motifs is 2. The van der Waals surface area contributed by atoms with Crippen LogP contribution in [-0.2, 0) is 6.54 Å². The molecule has 2 N–H and O–H groups in total. The van der Waals surface area contributed by atoms with Crippen molar-refractivity contribution in [3.8, 4) is 34.0 Å². The second kappa shape index (κ2) is 7.99. The van der Waals surface area contributed by atoms with Gasteiger partial charge in [0, 0.05) is 27.9 Å². The van der Waals surface area contributed by atoms with Gasteiger partial charge in [-0.3, -0.25) is 14.3 Å². The average molecular weight is 476 g/mol. The molecule has 0 saturated heterocycles. The summed E-state index contributed by atoms with van der Waals surface area (Å²) in [6.45, 7) is 2.55. The summed E-state index contributed by atoms with van der Waals surface area (Å²) in [6, 6.07) is 13.5. The van der Waals surface area contributed by atoms with Crippen LogP contribution in [0.3, 0.4) is 0 Å². The summed E-state index contributed by atoms with van der Waals surface area (Å²) >= 11 is 1.50. The number of halogens is 1. The number of aryl methyl sites for hydroxylation is 1. The number of carbonyl (C=O) groups is 1. The van der Waals surface area contributed by atoms with Crippen molar-refractivity contribution in [2.24, 2.45) is 0 Å². The van der Waals surface area contributed by atoms with Crippen molar-refractivity contribution in [2.45, 2.75) is 13.5 Å². The first-order valence-electron chi connectivity index (χ1n) is 10.5. The van der Waals surface area contributed by atoms with E-state index in [1.807, 2.05) is 35.7 Å². The molecule has 170 valence electrons. The zero-order valence-electron chi connectivity index (χ0n) is 18.0. The Morgan fingerprint density at radius 2 is 1.91 bits per heavy atom. The first-order chi connectivity index (χ1) is 16.5. The van der Waals surface area contributed by atoms with Gasteiger partial charge in [0.2, 0.25) is 6.79 Å². The molecule has 34 heavy (non-hydrogen) atoms. The van der Waals surface area contributed by atoms with Crippen molar-refractivity contribution >= 4 is 22.2 Å². The normalized spacial score (nSPS) is 12.4. The number of rotatable bonds is 5. The van der Waals surface area contributed by atoms with Gasteiger partial charge in [0.25, 0.3) is 5.91 Å². The van der Waals surface area contributed by atoms with Crippen LogP contribution in [0.25, 0.3) is 27.5 Å². The Balaban J connectivity index is 1.16. The molecule has 0 atom stereocenters. The third-order valence-electron chi connectivity index (χ3n) is 5.69. The number of thiazole rings is 1. The summed E-state index contributed by atoms with van der Waals surface area (Å²) in [7, 11) is 0. The number of aromatic amines is 1. The largest absolute Gasteiger partial charge is 0.454 e. The number of H-pyrrole nitrogens is 1. The summed E-state index contributed by atoms with van der Waals surface area (Å²) < 4.78 is 25.9. The molecule has 8 nitrogen and oxygen atoms in total. The average Bonchev–Trinajstić information content (AvgIpc) is 3.63. The SMILES string of the molecule is Cc1c(CNC(=O)c2cc(-c3ccc4c(c3)OCO4)n[nH]2)sc2nc(-c3ccc(F)cc3)cn12. The highest BCUT2D eigenvalue weighted by atomic mass is 32.1. The van der Waals surface area contributed by atoms with E-state index >= 15 is 0 Å². The number of ether oxygens (including phenoxy) is 2. The van der Waals surface area contributed by atoms with E-state index in [4.69, 9.17) is 9.47 Å². The second-order valence-corrected chi connectivity index (χ2v) is 8.88. The third-order valence-corrected chi connectivity index (χ3v) is 6.85. The smallest absolute Gasteiger partial charge is 0.269 e. The fourth-order valence-corrected chi connectivity index (χ4v) is 4.86. The molecule has 10 heteroatoms. The Labute approximate surface area is 197 Å². The monoisotopic (exact) mass is 475 g/mol. The molecule has 0 radical (unpaired) electrons. The number of carbonyl (C=O) groups excluding carboxylic acids is 1. The molecular formula is C24H18FN5O3S. The number of benzene rings is 2. The highest BCUT2D eigenvalue weighted by Crippen LogP contribution is 2.35. The van der Waals surface area contributed by atoms with Crippen molar-refractivity contribution in [3.63, 3.8) is 0 Å². The van der Waals surface area contributed by atoms with Crippen LogP contribution < -0.4 is 14.8 Å². The van der Waals surface area contributed by atoms with Gasteiger partial charge in [-0.05, 0) is 55.5 Å². The van der Waals surface area contributed by atoms with E-state index in [0.717, 1.165) is 32.4 Å². The van der Waals surface area contributed by atoms with Crippen LogP contribution in [0.4, 0.5) is 4.39 Å². The minimum Gasteiger partial charge on any atom is -0.454 e. The molecule has 0 aliphatic carbocycles. The van der Waals surface area contributed by atoms with E-state index in [2.05, 4.69) is 20.5 Å². The quantitative estimate of drug-likeness (QED) is 0.389. The van der Waals surface area contributed by atoms with E-state index in [1.54, 1.807) is 18.2 Å². The Morgan fingerprint density at radius 1 is 1.12 bits per heavy atom. The van der Waals surface area contributed by atoms with Gasteiger partial charge < -0.3 is 14.8 Å². The summed E-state index contributed by atoms with van der Waals surface area (Å²) in [5.41, 5.74) is 4.45. The number of nitrogens with zero attached hydrogens (tertiary/aromatic N) is 3. The Kier molecular flexibility index (Phi) is 4.80. The predicted octanol–water partition coefficient (Wildman–Crippen LogP) is 4.56. The number of hydrogen-bond donors (Lipinski definition) is 2. The van der Waals surface area contributed by atoms with Gasteiger partial charge in [0.05, 0.1) is 17.9 Å². The molecule has 1 amide bonds. The highest BCUT2D eigenvalue weighted by molar-refractivity contribution is 7.17. The lowest BCUT2D eigenvalue weighted by molar-refractivity contribution is 0.0946. The van der Waals surface area contributed by atoms with Crippen LogP contribution in [0.1, 0.15) is 21.1 Å². The lowest BCUT2D eigenvalue weighted by Gasteiger charge is -2.03. The van der Waals surface area contributed by atoms with Gasteiger partial charge in [-0.25, -0.2) is 9.37 Å². The molecular weight excluding hydrogens is 457 g/mol. The summed E-state index contributed by atoms with van der Waals surface area (Å²) in [5.74, 6) is 0.822. The third kappa shape index (κ3) is 3.57. The second-order valence-electron chi connectivity index (χ2n) is 7.81. The Hall–Kier alpha value is -4.18. The molecule has 1 aliphatic heterocycles. The molecule has 0 bridgehead atoms. The molecule has 2 aromatic carbocycles. The Morgan fingerprint density at radius 3 is 2.74 bits per heavy atom. The maximum absolute atomic E-state index is 13.2. The first kappa shape index (κ1) is 20.4. The standard InChI is InChI=1S/C24H18FN5O3S/c1-13-22(34-24-27-19(11-30(13)24)14-2-5-16(25)6-3-14)10-26-23(31)18-9-17(28-29-18)15-4-7-20-21(8-15)33-12-32-20/h2-9,11H,10,12H2,1H3,(H,26,31)(H,28,29). The molecule has 1 aliphatic rings. The van der Waals surface area contributed by atoms with Gasteiger partial charge in [0.1, 0.15) is 11.5 Å². The van der Waals surface area contributed by atoms with Gasteiger partial charge in [0.15, 0.2) is 16.5 Å². The number of hydrogen-bond acceptors (Lipinski definition) is 6. The van der Waals surface area contributed by atoms with Gasteiger partial charge >= 0.3 is 0 Å². The van der Waals surface area contributed by atoms with Crippen LogP contribution in [0.5, 0.6) is 11.5 Å². The van der Waals surface area contributed by atoms with E-state index in [-0.39, 0.29) is 18.5 Å². The molecule has 6 rings (SSSR count). The lowest BCUT2D eigenvalue weighted by atomic mass is 10.1. The number of amides is 1. The molecule has 5 aromatic rings. The summed E-state index contributed by atoms with van der Waals surface area (Å²) in [5, 5.41) is 10.00. The van der Waals surface area contributed by atoms with E-state index in [1.165, 1.54) is 23.5 Å². The first-order valence-corrected chi connectivity index (χ1v) is 11.3. The van der Waals surface area contributed by atoms with Crippen molar-refractivity contribution in [3.05, 3.63) is 76.8 Å². The molecule has 4 heterocycles. The van der Waals surface area contributed by atoms with Crippen LogP contribution in [-0.4, -0.2) is 32.3 Å². The maximum atomic E-state index is 13.2. The topological polar surface area (TPSA) is 93.5 Å². The van der Waals surface area contributed by atoms with Gasteiger partial charge in [-0.2, -0.15) is 5.10 Å². The fraction of sp³-hybridized carbons (Fsp3) is 0.125. The predicted molar refractivity (Wildman–Crippen MR) is 125 cm³/mol. The molecule has 3 aromatic heterocycles. The van der Waals surface area contributed by atoms with Crippen LogP contribution in [0, 0.1) is 12.7 Å². The van der Waals surface area contributed by atoms with Crippen LogP contribution in [0.2, 0.25) is 0 Å². The zero-order chi connectivity index (χ0) is 23.2. The van der Waals surface area contributed by atoms with Crippen LogP contribution in [0.15, 0.2) is 54.7 Å². The van der Waals surface area contributed by atoms with Crippen molar-refractivity contribution in [2.75, 3.05) is 6.79 Å². The maximum Gasteiger partial charge on any atom is 0.269 e. The van der Waals surface area contributed by atoms with E-state index in [0.29, 0.717) is 29.4 Å². The van der Waals surface area contributed by atoms with Gasteiger partial charge in [-0.15, -0.1) is 0 Å². The molecule has 0 fully saturated rings. The highest BCUT2D eigenvalue weighted by Gasteiger charge is 2.18. The molecule has 0 saturated carbocycles. The van der Waals surface area contributed by atoms with Crippen LogP contribution >= 0.6 is 11.3 Å². The number of aromatic nitrogens is 4. The van der Waals surface area contributed by atoms with Crippen molar-refractivity contribution in [1.29, 1.82) is 0 Å². The van der Waals surface area contributed by atoms with Crippen molar-refractivity contribution in [1.82, 2.24) is 24.9 Å². The zero-order valence-corrected chi connectivity index (χ0v) is 18.8. The van der Waals surface area contributed by atoms with E-state index < -0.39 is 0 Å². The molecule has 0 unspecified atom stereocenters. The molecule has 0 spiro atoms. The Bertz CT molecular complexity index is 1540.